The molecule has 0 aliphatic carbocycles. The number of alkyl halides is 3. The number of anilines is 1. The number of hydrogen-bond donors (Lipinski definition) is 1. The van der Waals surface area contributed by atoms with Gasteiger partial charge >= 0.3 is 6.18 Å². The van der Waals surface area contributed by atoms with Crippen molar-refractivity contribution in [2.24, 2.45) is 0 Å². The third-order valence-corrected chi connectivity index (χ3v) is 4.91. The fourth-order valence-corrected chi connectivity index (χ4v) is 3.23. The standard InChI is InChI=1S/C22H19F3N4O/c1-13-21(30)29-12-18(14-6-10-17(11-7-14)28(2)3)27-19(20(29)26-13)15-4-8-16(9-5-15)22(23,24)25/h4-12,30H,1-3H3. The number of imidazole rings is 1. The summed E-state index contributed by atoms with van der Waals surface area (Å²) in [5.41, 5.74) is 3.30. The molecule has 0 saturated heterocycles. The summed E-state index contributed by atoms with van der Waals surface area (Å²) in [4.78, 5) is 11.0. The van der Waals surface area contributed by atoms with Crippen molar-refractivity contribution in [2.75, 3.05) is 19.0 Å². The van der Waals surface area contributed by atoms with Gasteiger partial charge < -0.3 is 10.0 Å². The summed E-state index contributed by atoms with van der Waals surface area (Å²) in [6.45, 7) is 1.66. The van der Waals surface area contributed by atoms with Crippen molar-refractivity contribution in [2.45, 2.75) is 13.1 Å². The molecule has 4 rings (SSSR count). The highest BCUT2D eigenvalue weighted by Gasteiger charge is 2.30. The Morgan fingerprint density at radius 3 is 2.07 bits per heavy atom. The molecule has 0 saturated carbocycles. The van der Waals surface area contributed by atoms with E-state index in [1.54, 1.807) is 13.1 Å². The third kappa shape index (κ3) is 3.45. The second-order valence-electron chi connectivity index (χ2n) is 7.21. The number of aromatic hydroxyl groups is 1. The van der Waals surface area contributed by atoms with Gasteiger partial charge in [-0.05, 0) is 31.2 Å². The molecular formula is C22H19F3N4O. The summed E-state index contributed by atoms with van der Waals surface area (Å²) < 4.78 is 40.3. The smallest absolute Gasteiger partial charge is 0.416 e. The zero-order valence-electron chi connectivity index (χ0n) is 16.6. The molecule has 30 heavy (non-hydrogen) atoms. The Bertz CT molecular complexity index is 1210. The predicted molar refractivity (Wildman–Crippen MR) is 110 cm³/mol. The first-order chi connectivity index (χ1) is 14.1. The number of aromatic nitrogens is 3. The topological polar surface area (TPSA) is 53.7 Å². The molecule has 0 fully saturated rings. The van der Waals surface area contributed by atoms with E-state index in [0.29, 0.717) is 28.3 Å². The van der Waals surface area contributed by atoms with Gasteiger partial charge in [0, 0.05) is 37.1 Å². The third-order valence-electron chi connectivity index (χ3n) is 4.91. The fourth-order valence-electron chi connectivity index (χ4n) is 3.23. The summed E-state index contributed by atoms with van der Waals surface area (Å²) in [7, 11) is 3.88. The van der Waals surface area contributed by atoms with Gasteiger partial charge in [0.2, 0.25) is 5.88 Å². The SMILES string of the molecule is Cc1nc2c(-c3ccc(C(F)(F)F)cc3)nc(-c3ccc(N(C)C)cc3)cn2c1O. The summed E-state index contributed by atoms with van der Waals surface area (Å²) in [5, 5.41) is 10.4. The number of benzene rings is 2. The molecule has 0 spiro atoms. The number of aryl methyl sites for hydroxylation is 1. The van der Waals surface area contributed by atoms with Crippen LogP contribution in [0.5, 0.6) is 5.88 Å². The lowest BCUT2D eigenvalue weighted by atomic mass is 10.1. The zero-order valence-corrected chi connectivity index (χ0v) is 16.6. The average molecular weight is 412 g/mol. The number of halogens is 3. The molecule has 154 valence electrons. The van der Waals surface area contributed by atoms with E-state index in [0.717, 1.165) is 23.4 Å². The van der Waals surface area contributed by atoms with Gasteiger partial charge in [0.05, 0.1) is 11.3 Å². The van der Waals surface area contributed by atoms with Crippen LogP contribution < -0.4 is 4.90 Å². The summed E-state index contributed by atoms with van der Waals surface area (Å²) >= 11 is 0. The lowest BCUT2D eigenvalue weighted by Crippen LogP contribution is -2.08. The van der Waals surface area contributed by atoms with Crippen molar-refractivity contribution >= 4 is 11.3 Å². The average Bonchev–Trinajstić information content (AvgIpc) is 3.01. The van der Waals surface area contributed by atoms with Crippen LogP contribution in [0, 0.1) is 6.92 Å². The molecule has 5 nitrogen and oxygen atoms in total. The van der Waals surface area contributed by atoms with Crippen LogP contribution in [0.15, 0.2) is 54.7 Å². The minimum absolute atomic E-state index is 0.0354. The van der Waals surface area contributed by atoms with Crippen molar-refractivity contribution in [3.8, 4) is 28.4 Å². The minimum atomic E-state index is -4.42. The Morgan fingerprint density at radius 2 is 1.50 bits per heavy atom. The normalized spacial score (nSPS) is 11.8. The van der Waals surface area contributed by atoms with Crippen LogP contribution in [0.2, 0.25) is 0 Å². The van der Waals surface area contributed by atoms with Crippen molar-refractivity contribution in [3.05, 3.63) is 66.0 Å². The lowest BCUT2D eigenvalue weighted by Gasteiger charge is -2.13. The van der Waals surface area contributed by atoms with E-state index in [4.69, 9.17) is 0 Å². The molecule has 2 aromatic heterocycles. The van der Waals surface area contributed by atoms with Crippen LogP contribution in [0.25, 0.3) is 28.2 Å². The molecule has 0 radical (unpaired) electrons. The molecule has 0 atom stereocenters. The molecule has 0 amide bonds. The Labute approximate surface area is 171 Å². The van der Waals surface area contributed by atoms with Crippen LogP contribution in [0.3, 0.4) is 0 Å². The maximum absolute atomic E-state index is 12.9. The van der Waals surface area contributed by atoms with E-state index >= 15 is 0 Å². The van der Waals surface area contributed by atoms with Gasteiger partial charge in [-0.1, -0.05) is 24.3 Å². The second kappa shape index (κ2) is 7.05. The highest BCUT2D eigenvalue weighted by Crippen LogP contribution is 2.34. The predicted octanol–water partition coefficient (Wildman–Crippen LogP) is 5.16. The molecule has 0 bridgehead atoms. The monoisotopic (exact) mass is 412 g/mol. The van der Waals surface area contributed by atoms with E-state index in [2.05, 4.69) is 9.97 Å². The van der Waals surface area contributed by atoms with E-state index < -0.39 is 11.7 Å². The molecule has 2 heterocycles. The van der Waals surface area contributed by atoms with E-state index in [1.807, 2.05) is 43.3 Å². The van der Waals surface area contributed by atoms with Gasteiger partial charge in [-0.3, -0.25) is 4.40 Å². The van der Waals surface area contributed by atoms with Crippen LogP contribution >= 0.6 is 0 Å². The van der Waals surface area contributed by atoms with Crippen molar-refractivity contribution in [1.29, 1.82) is 0 Å². The number of hydrogen-bond acceptors (Lipinski definition) is 4. The van der Waals surface area contributed by atoms with Crippen LogP contribution in [0.4, 0.5) is 18.9 Å². The van der Waals surface area contributed by atoms with Gasteiger partial charge in [-0.15, -0.1) is 0 Å². The summed E-state index contributed by atoms with van der Waals surface area (Å²) in [5.74, 6) is -0.0354. The molecule has 0 aliphatic heterocycles. The molecule has 4 aromatic rings. The number of rotatable bonds is 3. The number of fused-ring (bicyclic) bond motifs is 1. The molecule has 8 heteroatoms. The summed E-state index contributed by atoms with van der Waals surface area (Å²) in [6.07, 6.45) is -2.75. The second-order valence-corrected chi connectivity index (χ2v) is 7.21. The molecular weight excluding hydrogens is 393 g/mol. The van der Waals surface area contributed by atoms with Gasteiger partial charge in [0.15, 0.2) is 5.65 Å². The Hall–Kier alpha value is -3.55. The van der Waals surface area contributed by atoms with E-state index in [-0.39, 0.29) is 5.88 Å². The van der Waals surface area contributed by atoms with Crippen molar-refractivity contribution in [1.82, 2.24) is 14.4 Å². The minimum Gasteiger partial charge on any atom is -0.493 e. The molecule has 0 unspecified atom stereocenters. The molecule has 2 aromatic carbocycles. The van der Waals surface area contributed by atoms with Crippen LogP contribution in [-0.4, -0.2) is 33.6 Å². The lowest BCUT2D eigenvalue weighted by molar-refractivity contribution is -0.137. The highest BCUT2D eigenvalue weighted by molar-refractivity contribution is 5.78. The first-order valence-corrected chi connectivity index (χ1v) is 9.19. The van der Waals surface area contributed by atoms with E-state index in [1.165, 1.54) is 16.5 Å². The maximum atomic E-state index is 12.9. The fraction of sp³-hybridized carbons (Fsp3) is 0.182. The first-order valence-electron chi connectivity index (χ1n) is 9.19. The van der Waals surface area contributed by atoms with Gasteiger partial charge in [-0.2, -0.15) is 13.2 Å². The Balaban J connectivity index is 1.89. The quantitative estimate of drug-likeness (QED) is 0.505. The largest absolute Gasteiger partial charge is 0.493 e. The zero-order chi connectivity index (χ0) is 21.6. The molecule has 0 aliphatic rings. The number of nitrogens with zero attached hydrogens (tertiary/aromatic N) is 4. The first kappa shape index (κ1) is 19.8. The van der Waals surface area contributed by atoms with Gasteiger partial charge in [-0.25, -0.2) is 9.97 Å². The van der Waals surface area contributed by atoms with E-state index in [9.17, 15) is 18.3 Å². The van der Waals surface area contributed by atoms with Gasteiger partial charge in [0.25, 0.3) is 0 Å². The highest BCUT2D eigenvalue weighted by atomic mass is 19.4. The van der Waals surface area contributed by atoms with Crippen LogP contribution in [0.1, 0.15) is 11.3 Å². The van der Waals surface area contributed by atoms with Gasteiger partial charge in [0.1, 0.15) is 11.4 Å². The maximum Gasteiger partial charge on any atom is 0.416 e. The van der Waals surface area contributed by atoms with Crippen LogP contribution in [-0.2, 0) is 6.18 Å². The Kier molecular flexibility index (Phi) is 4.64. The summed E-state index contributed by atoms with van der Waals surface area (Å²) in [6, 6.07) is 12.5. The van der Waals surface area contributed by atoms with Crippen molar-refractivity contribution < 1.29 is 18.3 Å². The Morgan fingerprint density at radius 1 is 0.900 bits per heavy atom. The molecule has 1 N–H and O–H groups in total. The van der Waals surface area contributed by atoms with Crippen molar-refractivity contribution in [3.63, 3.8) is 0 Å².